The predicted molar refractivity (Wildman–Crippen MR) is 83.5 cm³/mol. The molecule has 3 N–H and O–H groups in total. The highest BCUT2D eigenvalue weighted by molar-refractivity contribution is 14.1. The van der Waals surface area contributed by atoms with Crippen LogP contribution in [0.3, 0.4) is 0 Å². The first kappa shape index (κ1) is 13.7. The summed E-state index contributed by atoms with van der Waals surface area (Å²) < 4.78 is 6.78. The molecule has 0 unspecified atom stereocenters. The number of nitrogen functional groups attached to an aromatic ring is 1. The fourth-order valence-corrected chi connectivity index (χ4v) is 2.10. The summed E-state index contributed by atoms with van der Waals surface area (Å²) in [7, 11) is 1.58. The van der Waals surface area contributed by atoms with E-state index < -0.39 is 0 Å². The van der Waals surface area contributed by atoms with Gasteiger partial charge in [0.1, 0.15) is 11.5 Å². The monoisotopic (exact) mass is 368 g/mol. The first-order valence-corrected chi connectivity index (χ1v) is 6.73. The van der Waals surface area contributed by atoms with E-state index in [0.29, 0.717) is 22.7 Å². The summed E-state index contributed by atoms with van der Waals surface area (Å²) in [5.41, 5.74) is 6.83. The van der Waals surface area contributed by atoms with Gasteiger partial charge < -0.3 is 15.8 Å². The maximum atomic E-state index is 11.5. The molecule has 0 bridgehead atoms. The Bertz CT molecular complexity index is 614. The lowest BCUT2D eigenvalue weighted by Crippen LogP contribution is -2.17. The number of hydrogen-bond donors (Lipinski definition) is 2. The third kappa shape index (κ3) is 3.37. The molecule has 98 valence electrons. The van der Waals surface area contributed by atoms with Gasteiger partial charge in [-0.3, -0.25) is 4.79 Å². The Hall–Kier alpha value is -1.76. The number of carbonyl (C=O) groups excluding carboxylic acids is 1. The normalized spacial score (nSPS) is 10.0. The van der Waals surface area contributed by atoms with Gasteiger partial charge in [-0.1, -0.05) is 6.07 Å². The van der Waals surface area contributed by atoms with E-state index in [2.05, 4.69) is 27.9 Å². The summed E-state index contributed by atoms with van der Waals surface area (Å²) in [5.74, 6) is 1.08. The molecule has 2 aromatic rings. The number of ether oxygens (including phenoxy) is 1. The second-order valence-electron chi connectivity index (χ2n) is 3.89. The Kier molecular flexibility index (Phi) is 4.26. The van der Waals surface area contributed by atoms with Crippen molar-refractivity contribution in [2.24, 2.45) is 0 Å². The Morgan fingerprint density at radius 2 is 2.05 bits per heavy atom. The minimum Gasteiger partial charge on any atom is -0.455 e. The van der Waals surface area contributed by atoms with Crippen LogP contribution in [0, 0.1) is 3.57 Å². The van der Waals surface area contributed by atoms with E-state index in [4.69, 9.17) is 10.5 Å². The molecule has 0 radical (unpaired) electrons. The van der Waals surface area contributed by atoms with Crippen LogP contribution >= 0.6 is 22.6 Å². The summed E-state index contributed by atoms with van der Waals surface area (Å²) in [6.45, 7) is 0. The predicted octanol–water partition coefficient (Wildman–Crippen LogP) is 3.03. The third-order valence-corrected chi connectivity index (χ3v) is 3.19. The Morgan fingerprint density at radius 3 is 2.68 bits per heavy atom. The van der Waals surface area contributed by atoms with Crippen molar-refractivity contribution >= 4 is 34.2 Å². The van der Waals surface area contributed by atoms with Gasteiger partial charge in [0.2, 0.25) is 0 Å². The highest BCUT2D eigenvalue weighted by Crippen LogP contribution is 2.28. The van der Waals surface area contributed by atoms with Crippen molar-refractivity contribution in [3.63, 3.8) is 0 Å². The van der Waals surface area contributed by atoms with Gasteiger partial charge in [0.25, 0.3) is 5.91 Å². The Labute approximate surface area is 125 Å². The number of hydrogen-bond acceptors (Lipinski definition) is 3. The van der Waals surface area contributed by atoms with Crippen molar-refractivity contribution in [1.82, 2.24) is 5.32 Å². The number of benzene rings is 2. The first-order chi connectivity index (χ1) is 9.10. The molecule has 0 heterocycles. The van der Waals surface area contributed by atoms with Gasteiger partial charge in [0.05, 0.1) is 5.69 Å². The van der Waals surface area contributed by atoms with Crippen LogP contribution in [-0.4, -0.2) is 13.0 Å². The van der Waals surface area contributed by atoms with Crippen molar-refractivity contribution < 1.29 is 9.53 Å². The van der Waals surface area contributed by atoms with Crippen LogP contribution in [0.25, 0.3) is 0 Å². The van der Waals surface area contributed by atoms with Gasteiger partial charge in [-0.25, -0.2) is 0 Å². The molecule has 0 atom stereocenters. The first-order valence-electron chi connectivity index (χ1n) is 5.65. The van der Waals surface area contributed by atoms with Gasteiger partial charge >= 0.3 is 0 Å². The number of halogens is 1. The highest BCUT2D eigenvalue weighted by atomic mass is 127. The van der Waals surface area contributed by atoms with Crippen molar-refractivity contribution in [3.8, 4) is 11.5 Å². The number of rotatable bonds is 3. The second-order valence-corrected chi connectivity index (χ2v) is 5.14. The van der Waals surface area contributed by atoms with Crippen LogP contribution in [0.1, 0.15) is 10.4 Å². The molecule has 4 nitrogen and oxygen atoms in total. The standard InChI is InChI=1S/C14H13IN2O2/c1-17-14(18)9-5-6-13(12(16)7-9)19-11-4-2-3-10(15)8-11/h2-8H,16H2,1H3,(H,17,18). The van der Waals surface area contributed by atoms with Crippen LogP contribution < -0.4 is 15.8 Å². The fourth-order valence-electron chi connectivity index (χ4n) is 1.58. The topological polar surface area (TPSA) is 64.3 Å². The largest absolute Gasteiger partial charge is 0.455 e. The lowest BCUT2D eigenvalue weighted by molar-refractivity contribution is 0.0963. The van der Waals surface area contributed by atoms with E-state index in [0.717, 1.165) is 3.57 Å². The molecular formula is C14H13IN2O2. The molecule has 0 spiro atoms. The van der Waals surface area contributed by atoms with Crippen LogP contribution in [0.5, 0.6) is 11.5 Å². The van der Waals surface area contributed by atoms with Gasteiger partial charge in [-0.15, -0.1) is 0 Å². The summed E-state index contributed by atoms with van der Waals surface area (Å²) in [6.07, 6.45) is 0. The molecule has 19 heavy (non-hydrogen) atoms. The van der Waals surface area contributed by atoms with Gasteiger partial charge in [-0.05, 0) is 59.0 Å². The lowest BCUT2D eigenvalue weighted by Gasteiger charge is -2.10. The highest BCUT2D eigenvalue weighted by Gasteiger charge is 2.08. The van der Waals surface area contributed by atoms with Crippen LogP contribution in [0.4, 0.5) is 5.69 Å². The molecule has 2 rings (SSSR count). The van der Waals surface area contributed by atoms with Gasteiger partial charge in [0.15, 0.2) is 0 Å². The third-order valence-electron chi connectivity index (χ3n) is 2.52. The van der Waals surface area contributed by atoms with Crippen molar-refractivity contribution in [3.05, 3.63) is 51.6 Å². The van der Waals surface area contributed by atoms with E-state index in [-0.39, 0.29) is 5.91 Å². The summed E-state index contributed by atoms with van der Waals surface area (Å²) in [6, 6.07) is 12.6. The maximum Gasteiger partial charge on any atom is 0.251 e. The molecule has 0 saturated carbocycles. The lowest BCUT2D eigenvalue weighted by atomic mass is 10.2. The fraction of sp³-hybridized carbons (Fsp3) is 0.0714. The van der Waals surface area contributed by atoms with E-state index >= 15 is 0 Å². The molecule has 0 aromatic heterocycles. The van der Waals surface area contributed by atoms with Crippen molar-refractivity contribution in [1.29, 1.82) is 0 Å². The quantitative estimate of drug-likeness (QED) is 0.647. The number of anilines is 1. The van der Waals surface area contributed by atoms with Crippen LogP contribution in [0.2, 0.25) is 0 Å². The number of nitrogens with two attached hydrogens (primary N) is 1. The van der Waals surface area contributed by atoms with Gasteiger partial charge in [-0.2, -0.15) is 0 Å². The smallest absolute Gasteiger partial charge is 0.251 e. The molecule has 0 aliphatic carbocycles. The van der Waals surface area contributed by atoms with Crippen molar-refractivity contribution in [2.75, 3.05) is 12.8 Å². The molecule has 1 amide bonds. The average Bonchev–Trinajstić information content (AvgIpc) is 2.40. The minimum absolute atomic E-state index is 0.174. The average molecular weight is 368 g/mol. The Morgan fingerprint density at radius 1 is 1.26 bits per heavy atom. The number of carbonyl (C=O) groups is 1. The number of nitrogens with one attached hydrogen (secondary N) is 1. The molecular weight excluding hydrogens is 355 g/mol. The summed E-state index contributed by atoms with van der Waals surface area (Å²) >= 11 is 2.21. The SMILES string of the molecule is CNC(=O)c1ccc(Oc2cccc(I)c2)c(N)c1. The minimum atomic E-state index is -0.174. The van der Waals surface area contributed by atoms with Crippen LogP contribution in [0.15, 0.2) is 42.5 Å². The maximum absolute atomic E-state index is 11.5. The zero-order valence-corrected chi connectivity index (χ0v) is 12.5. The molecule has 0 fully saturated rings. The molecule has 2 aromatic carbocycles. The summed E-state index contributed by atoms with van der Waals surface area (Å²) in [4.78, 5) is 11.5. The molecule has 0 aliphatic rings. The second kappa shape index (κ2) is 5.92. The zero-order valence-electron chi connectivity index (χ0n) is 10.3. The van der Waals surface area contributed by atoms with E-state index in [1.807, 2.05) is 24.3 Å². The van der Waals surface area contributed by atoms with Gasteiger partial charge in [0, 0.05) is 16.2 Å². The number of amides is 1. The van der Waals surface area contributed by atoms with E-state index in [9.17, 15) is 4.79 Å². The van der Waals surface area contributed by atoms with Crippen LogP contribution in [-0.2, 0) is 0 Å². The Balaban J connectivity index is 2.24. The molecule has 5 heteroatoms. The summed E-state index contributed by atoms with van der Waals surface area (Å²) in [5, 5.41) is 2.55. The molecule has 0 saturated heterocycles. The van der Waals surface area contributed by atoms with Crippen molar-refractivity contribution in [2.45, 2.75) is 0 Å². The zero-order chi connectivity index (χ0) is 13.8. The van der Waals surface area contributed by atoms with E-state index in [1.165, 1.54) is 0 Å². The molecule has 0 aliphatic heterocycles. The van der Waals surface area contributed by atoms with E-state index in [1.54, 1.807) is 25.2 Å².